The summed E-state index contributed by atoms with van der Waals surface area (Å²) in [7, 11) is 1.55. The molecule has 7 N–H and O–H groups in total. The first-order chi connectivity index (χ1) is 13.7. The fourth-order valence-electron chi connectivity index (χ4n) is 3.81. The number of carbonyl (C=O) groups is 1. The van der Waals surface area contributed by atoms with Crippen LogP contribution in [0.4, 0.5) is 0 Å². The molecule has 0 radical (unpaired) electrons. The minimum Gasteiger partial charge on any atom is -0.396 e. The van der Waals surface area contributed by atoms with E-state index in [1.54, 1.807) is 49.5 Å². The van der Waals surface area contributed by atoms with Crippen molar-refractivity contribution in [3.05, 3.63) is 59.7 Å². The van der Waals surface area contributed by atoms with Crippen LogP contribution in [0.1, 0.15) is 22.0 Å². The number of hydrogen-bond donors (Lipinski definition) is 7. The van der Waals surface area contributed by atoms with Crippen LogP contribution in [0.2, 0.25) is 0 Å². The normalized spacial score (nSPS) is 28.3. The van der Waals surface area contributed by atoms with Gasteiger partial charge in [-0.1, -0.05) is 36.4 Å². The Labute approximate surface area is 167 Å². The molecule has 8 heteroatoms. The highest BCUT2D eigenvalue weighted by molar-refractivity contribution is 5.95. The molecule has 2 aromatic carbocycles. The molecular formula is C21H25NO7. The summed E-state index contributed by atoms with van der Waals surface area (Å²) in [6.45, 7) is -0.654. The minimum atomic E-state index is -2.23. The Bertz CT molecular complexity index is 872. The molecular weight excluding hydrogens is 378 g/mol. The van der Waals surface area contributed by atoms with Gasteiger partial charge in [-0.3, -0.25) is 4.79 Å². The summed E-state index contributed by atoms with van der Waals surface area (Å²) in [6, 6.07) is 13.5. The van der Waals surface area contributed by atoms with Crippen LogP contribution < -0.4 is 5.32 Å². The van der Waals surface area contributed by atoms with Crippen molar-refractivity contribution in [2.75, 3.05) is 13.7 Å². The maximum atomic E-state index is 11.8. The Balaban J connectivity index is 1.81. The van der Waals surface area contributed by atoms with Crippen LogP contribution in [0.25, 0.3) is 11.1 Å². The maximum Gasteiger partial charge on any atom is 0.251 e. The van der Waals surface area contributed by atoms with Gasteiger partial charge in [-0.25, -0.2) is 0 Å². The number of benzene rings is 2. The molecule has 0 aliphatic heterocycles. The molecule has 1 saturated carbocycles. The minimum absolute atomic E-state index is 0.213. The number of carbonyl (C=O) groups excluding carboxylic acids is 1. The van der Waals surface area contributed by atoms with E-state index < -0.39 is 42.5 Å². The first-order valence-corrected chi connectivity index (χ1v) is 9.23. The van der Waals surface area contributed by atoms with Crippen LogP contribution in [0.5, 0.6) is 0 Å². The lowest BCUT2D eigenvalue weighted by molar-refractivity contribution is -0.312. The molecule has 29 heavy (non-hydrogen) atoms. The number of hydrogen-bond acceptors (Lipinski definition) is 7. The van der Waals surface area contributed by atoms with Crippen molar-refractivity contribution < 1.29 is 35.4 Å². The lowest BCUT2D eigenvalue weighted by Gasteiger charge is -2.55. The Morgan fingerprint density at radius 3 is 2.34 bits per heavy atom. The average Bonchev–Trinajstić information content (AvgIpc) is 2.77. The van der Waals surface area contributed by atoms with E-state index in [4.69, 9.17) is 0 Å². The van der Waals surface area contributed by atoms with Crippen molar-refractivity contribution in [1.82, 2.24) is 5.32 Å². The number of aliphatic hydroxyl groups excluding tert-OH is 5. The van der Waals surface area contributed by atoms with E-state index in [9.17, 15) is 35.4 Å². The van der Waals surface area contributed by atoms with E-state index in [2.05, 4.69) is 5.32 Å². The van der Waals surface area contributed by atoms with Gasteiger partial charge in [0.05, 0.1) is 12.7 Å². The second kappa shape index (κ2) is 8.19. The number of nitrogens with one attached hydrogen (secondary N) is 1. The molecule has 6 atom stereocenters. The summed E-state index contributed by atoms with van der Waals surface area (Å²) in [6.07, 6.45) is -6.44. The zero-order valence-corrected chi connectivity index (χ0v) is 15.8. The number of rotatable bonds is 6. The summed E-state index contributed by atoms with van der Waals surface area (Å²) in [4.78, 5) is 11.8. The Morgan fingerprint density at radius 1 is 1.10 bits per heavy atom. The predicted molar refractivity (Wildman–Crippen MR) is 104 cm³/mol. The van der Waals surface area contributed by atoms with Gasteiger partial charge in [-0.05, 0) is 28.8 Å². The molecule has 5 unspecified atom stereocenters. The number of amides is 1. The van der Waals surface area contributed by atoms with Gasteiger partial charge in [-0.2, -0.15) is 0 Å². The van der Waals surface area contributed by atoms with Gasteiger partial charge < -0.3 is 36.0 Å². The zero-order chi connectivity index (χ0) is 21.3. The first-order valence-electron chi connectivity index (χ1n) is 9.23. The number of aliphatic hydroxyl groups is 6. The van der Waals surface area contributed by atoms with Crippen molar-refractivity contribution >= 4 is 5.91 Å². The molecule has 0 spiro atoms. The van der Waals surface area contributed by atoms with Crippen molar-refractivity contribution in [3.8, 4) is 11.1 Å². The molecule has 1 amide bonds. The molecule has 2 aromatic rings. The maximum absolute atomic E-state index is 11.8. The van der Waals surface area contributed by atoms with E-state index >= 15 is 0 Å². The van der Waals surface area contributed by atoms with E-state index in [1.807, 2.05) is 6.07 Å². The zero-order valence-electron chi connectivity index (χ0n) is 15.8. The Kier molecular flexibility index (Phi) is 6.04. The smallest absolute Gasteiger partial charge is 0.251 e. The van der Waals surface area contributed by atoms with Gasteiger partial charge in [0.2, 0.25) is 0 Å². The van der Waals surface area contributed by atoms with Crippen molar-refractivity contribution in [2.24, 2.45) is 5.92 Å². The molecule has 0 heterocycles. The quantitative estimate of drug-likeness (QED) is 0.333. The third-order valence-electron chi connectivity index (χ3n) is 5.71. The largest absolute Gasteiger partial charge is 0.396 e. The third kappa shape index (κ3) is 3.55. The summed E-state index contributed by atoms with van der Waals surface area (Å²) in [5.74, 6) is -1.39. The molecule has 1 aliphatic carbocycles. The van der Waals surface area contributed by atoms with E-state index in [0.29, 0.717) is 5.56 Å². The van der Waals surface area contributed by atoms with Crippen molar-refractivity contribution in [1.29, 1.82) is 0 Å². The van der Waals surface area contributed by atoms with Gasteiger partial charge in [0, 0.05) is 18.5 Å². The van der Waals surface area contributed by atoms with Crippen LogP contribution in [0.15, 0.2) is 48.5 Å². The summed E-state index contributed by atoms with van der Waals surface area (Å²) < 4.78 is 0. The molecule has 0 aromatic heterocycles. The summed E-state index contributed by atoms with van der Waals surface area (Å²) >= 11 is 0. The van der Waals surface area contributed by atoms with Gasteiger partial charge >= 0.3 is 0 Å². The fourth-order valence-corrected chi connectivity index (χ4v) is 3.81. The van der Waals surface area contributed by atoms with Gasteiger partial charge in [0.1, 0.15) is 23.9 Å². The molecule has 0 saturated heterocycles. The molecule has 0 bridgehead atoms. The fraction of sp³-hybridized carbons (Fsp3) is 0.381. The first kappa shape index (κ1) is 21.4. The highest BCUT2D eigenvalue weighted by Crippen LogP contribution is 2.44. The standard InChI is InChI=1S/C21H25NO7/c1-22-20(28)14-4-2-3-13(9-14)11-5-7-12(8-6-11)16(24)18(26)21(29)15(10-23)17(25)19(21)27/h2-9,15-19,23-27,29H,10H2,1H3,(H,22,28)/t15?,16-,17?,18?,19?,21?/m0/s1. The van der Waals surface area contributed by atoms with Gasteiger partial charge in [0.25, 0.3) is 5.91 Å². The second-order valence-corrected chi connectivity index (χ2v) is 7.28. The average molecular weight is 403 g/mol. The summed E-state index contributed by atoms with van der Waals surface area (Å²) in [5, 5.41) is 62.8. The van der Waals surface area contributed by atoms with E-state index in [-0.39, 0.29) is 11.5 Å². The second-order valence-electron chi connectivity index (χ2n) is 7.28. The monoisotopic (exact) mass is 403 g/mol. The predicted octanol–water partition coefficient (Wildman–Crippen LogP) is -0.818. The van der Waals surface area contributed by atoms with E-state index in [0.717, 1.165) is 11.1 Å². The van der Waals surface area contributed by atoms with Crippen LogP contribution in [0, 0.1) is 5.92 Å². The molecule has 1 fully saturated rings. The SMILES string of the molecule is CNC(=O)c1cccc(-c2ccc([C@H](O)C(O)C3(O)C(O)C(O)C3CO)cc2)c1. The van der Waals surface area contributed by atoms with Crippen LogP contribution >= 0.6 is 0 Å². The Morgan fingerprint density at radius 2 is 1.76 bits per heavy atom. The lowest BCUT2D eigenvalue weighted by Crippen LogP contribution is -2.76. The molecule has 1 aliphatic rings. The van der Waals surface area contributed by atoms with Crippen LogP contribution in [-0.4, -0.2) is 74.1 Å². The molecule has 8 nitrogen and oxygen atoms in total. The van der Waals surface area contributed by atoms with Gasteiger partial charge in [-0.15, -0.1) is 0 Å². The van der Waals surface area contributed by atoms with Crippen LogP contribution in [0.3, 0.4) is 0 Å². The Hall–Kier alpha value is -2.33. The molecule has 156 valence electrons. The third-order valence-corrected chi connectivity index (χ3v) is 5.71. The summed E-state index contributed by atoms with van der Waals surface area (Å²) in [5.41, 5.74) is 0.104. The van der Waals surface area contributed by atoms with Crippen LogP contribution in [-0.2, 0) is 0 Å². The molecule has 3 rings (SSSR count). The highest BCUT2D eigenvalue weighted by Gasteiger charge is 2.65. The van der Waals surface area contributed by atoms with Crippen molar-refractivity contribution in [3.63, 3.8) is 0 Å². The lowest BCUT2D eigenvalue weighted by atomic mass is 9.60. The van der Waals surface area contributed by atoms with Gasteiger partial charge in [0.15, 0.2) is 0 Å². The van der Waals surface area contributed by atoms with Crippen molar-refractivity contribution in [2.45, 2.75) is 30.0 Å². The topological polar surface area (TPSA) is 150 Å². The van der Waals surface area contributed by atoms with E-state index in [1.165, 1.54) is 0 Å². The highest BCUT2D eigenvalue weighted by atomic mass is 16.4.